The summed E-state index contributed by atoms with van der Waals surface area (Å²) in [4.78, 5) is 28.5. The number of halogens is 1. The molecule has 0 N–H and O–H groups in total. The van der Waals surface area contributed by atoms with Crippen molar-refractivity contribution in [2.24, 2.45) is 0 Å². The zero-order chi connectivity index (χ0) is 19.6. The number of fused-ring (bicyclic) bond motifs is 1. The van der Waals surface area contributed by atoms with E-state index in [0.29, 0.717) is 22.7 Å². The van der Waals surface area contributed by atoms with Gasteiger partial charge in [-0.25, -0.2) is 0 Å². The number of benzene rings is 2. The van der Waals surface area contributed by atoms with Crippen LogP contribution in [-0.4, -0.2) is 31.0 Å². The van der Waals surface area contributed by atoms with E-state index in [1.54, 1.807) is 47.4 Å². The number of hydrogen-bond acceptors (Lipinski definition) is 4. The molecule has 1 heterocycles. The fourth-order valence-electron chi connectivity index (χ4n) is 3.02. The number of nitrogens with zero attached hydrogens (tertiary/aromatic N) is 3. The van der Waals surface area contributed by atoms with Gasteiger partial charge in [0.2, 0.25) is 5.91 Å². The van der Waals surface area contributed by atoms with E-state index in [9.17, 15) is 9.59 Å². The number of amides is 2. The summed E-state index contributed by atoms with van der Waals surface area (Å²) in [6.07, 6.45) is 0. The SMILES string of the molecule is CC(C)N(C(=O)CN1C(=O)COc2cc(Br)ccc21)c1cccc(C#N)c1. The minimum Gasteiger partial charge on any atom is -0.482 e. The second-order valence-corrected chi connectivity index (χ2v) is 7.32. The first kappa shape index (κ1) is 18.9. The van der Waals surface area contributed by atoms with Crippen molar-refractivity contribution in [1.29, 1.82) is 5.26 Å². The van der Waals surface area contributed by atoms with Gasteiger partial charge in [0.15, 0.2) is 6.61 Å². The number of anilines is 2. The van der Waals surface area contributed by atoms with Crippen molar-refractivity contribution in [2.45, 2.75) is 19.9 Å². The van der Waals surface area contributed by atoms with Crippen molar-refractivity contribution in [3.05, 3.63) is 52.5 Å². The molecule has 0 spiro atoms. The van der Waals surface area contributed by atoms with Gasteiger partial charge in [-0.2, -0.15) is 5.26 Å². The first-order valence-electron chi connectivity index (χ1n) is 8.45. The predicted octanol–water partition coefficient (Wildman–Crippen LogP) is 3.49. The minimum atomic E-state index is -0.271. The molecular weight excluding hydrogens is 410 g/mol. The topological polar surface area (TPSA) is 73.6 Å². The summed E-state index contributed by atoms with van der Waals surface area (Å²) < 4.78 is 6.30. The lowest BCUT2D eigenvalue weighted by atomic mass is 10.1. The van der Waals surface area contributed by atoms with E-state index in [4.69, 9.17) is 10.00 Å². The van der Waals surface area contributed by atoms with Gasteiger partial charge < -0.3 is 9.64 Å². The van der Waals surface area contributed by atoms with Crippen LogP contribution in [0.3, 0.4) is 0 Å². The maximum Gasteiger partial charge on any atom is 0.265 e. The third-order valence-electron chi connectivity index (χ3n) is 4.20. The highest BCUT2D eigenvalue weighted by Gasteiger charge is 2.30. The molecule has 0 saturated heterocycles. The number of ether oxygens (including phenoxy) is 1. The van der Waals surface area contributed by atoms with Crippen molar-refractivity contribution in [1.82, 2.24) is 0 Å². The highest BCUT2D eigenvalue weighted by atomic mass is 79.9. The van der Waals surface area contributed by atoms with E-state index < -0.39 is 0 Å². The van der Waals surface area contributed by atoms with Crippen molar-refractivity contribution in [3.63, 3.8) is 0 Å². The monoisotopic (exact) mass is 427 g/mol. The zero-order valence-corrected chi connectivity index (χ0v) is 16.6. The molecule has 0 aromatic heterocycles. The third-order valence-corrected chi connectivity index (χ3v) is 4.69. The average molecular weight is 428 g/mol. The van der Waals surface area contributed by atoms with Gasteiger partial charge >= 0.3 is 0 Å². The highest BCUT2D eigenvalue weighted by Crippen LogP contribution is 2.34. The predicted molar refractivity (Wildman–Crippen MR) is 106 cm³/mol. The fraction of sp³-hybridized carbons (Fsp3) is 0.250. The fourth-order valence-corrected chi connectivity index (χ4v) is 3.36. The summed E-state index contributed by atoms with van der Waals surface area (Å²) >= 11 is 3.38. The molecule has 138 valence electrons. The maximum absolute atomic E-state index is 13.1. The maximum atomic E-state index is 13.1. The van der Waals surface area contributed by atoms with Gasteiger partial charge in [0.1, 0.15) is 12.3 Å². The standard InChI is InChI=1S/C20H18BrN3O3/c1-13(2)24(16-5-3-4-14(8-16)10-22)19(25)11-23-17-7-6-15(21)9-18(17)27-12-20(23)26/h3-9,13H,11-12H2,1-2H3. The molecule has 0 unspecified atom stereocenters. The number of nitriles is 1. The van der Waals surface area contributed by atoms with Gasteiger partial charge in [-0.05, 0) is 50.2 Å². The van der Waals surface area contributed by atoms with Crippen molar-refractivity contribution in [2.75, 3.05) is 23.0 Å². The lowest BCUT2D eigenvalue weighted by molar-refractivity contribution is -0.124. The summed E-state index contributed by atoms with van der Waals surface area (Å²) in [6.45, 7) is 3.57. The van der Waals surface area contributed by atoms with Gasteiger partial charge in [0.25, 0.3) is 5.91 Å². The molecule has 7 heteroatoms. The Hall–Kier alpha value is -2.85. The molecule has 2 amide bonds. The van der Waals surface area contributed by atoms with Crippen LogP contribution in [-0.2, 0) is 9.59 Å². The molecule has 0 aliphatic carbocycles. The Morgan fingerprint density at radius 2 is 2.11 bits per heavy atom. The minimum absolute atomic E-state index is 0.105. The van der Waals surface area contributed by atoms with Crippen LogP contribution in [0.15, 0.2) is 46.9 Å². The molecule has 0 saturated carbocycles. The summed E-state index contributed by atoms with van der Waals surface area (Å²) in [5.41, 5.74) is 1.67. The van der Waals surface area contributed by atoms with Crippen LogP contribution in [0.5, 0.6) is 5.75 Å². The first-order chi connectivity index (χ1) is 12.9. The van der Waals surface area contributed by atoms with Crippen LogP contribution in [0.1, 0.15) is 19.4 Å². The van der Waals surface area contributed by atoms with Crippen LogP contribution in [0, 0.1) is 11.3 Å². The Morgan fingerprint density at radius 3 is 2.81 bits per heavy atom. The molecule has 2 aromatic rings. The zero-order valence-electron chi connectivity index (χ0n) is 15.0. The second kappa shape index (κ2) is 7.80. The number of hydrogen-bond donors (Lipinski definition) is 0. The third kappa shape index (κ3) is 3.96. The van der Waals surface area contributed by atoms with Crippen LogP contribution in [0.25, 0.3) is 0 Å². The molecular formula is C20H18BrN3O3. The quantitative estimate of drug-likeness (QED) is 0.748. The smallest absolute Gasteiger partial charge is 0.265 e. The lowest BCUT2D eigenvalue weighted by Crippen LogP contribution is -2.48. The van der Waals surface area contributed by atoms with Gasteiger partial charge in [-0.3, -0.25) is 14.5 Å². The Kier molecular flexibility index (Phi) is 5.47. The molecule has 3 rings (SSSR count). The van der Waals surface area contributed by atoms with Gasteiger partial charge in [0.05, 0.1) is 17.3 Å². The second-order valence-electron chi connectivity index (χ2n) is 6.40. The first-order valence-corrected chi connectivity index (χ1v) is 9.25. The summed E-state index contributed by atoms with van der Waals surface area (Å²) in [5.74, 6) is 0.0520. The molecule has 0 atom stereocenters. The Labute approximate surface area is 166 Å². The van der Waals surface area contributed by atoms with Crippen LogP contribution in [0.4, 0.5) is 11.4 Å². The molecule has 1 aliphatic rings. The highest BCUT2D eigenvalue weighted by molar-refractivity contribution is 9.10. The van der Waals surface area contributed by atoms with Gasteiger partial charge in [-0.1, -0.05) is 22.0 Å². The molecule has 0 fully saturated rings. The normalized spacial score (nSPS) is 13.0. The van der Waals surface area contributed by atoms with Gasteiger partial charge in [0, 0.05) is 16.2 Å². The summed E-state index contributed by atoms with van der Waals surface area (Å²) in [5, 5.41) is 9.12. The molecule has 0 bridgehead atoms. The van der Waals surface area contributed by atoms with E-state index in [1.165, 1.54) is 4.90 Å². The van der Waals surface area contributed by atoms with Gasteiger partial charge in [-0.15, -0.1) is 0 Å². The van der Waals surface area contributed by atoms with E-state index in [1.807, 2.05) is 13.8 Å². The summed E-state index contributed by atoms with van der Waals surface area (Å²) in [7, 11) is 0. The van der Waals surface area contributed by atoms with Crippen molar-refractivity contribution in [3.8, 4) is 11.8 Å². The Bertz CT molecular complexity index is 936. The molecule has 1 aliphatic heterocycles. The van der Waals surface area contributed by atoms with Crippen LogP contribution < -0.4 is 14.5 Å². The number of rotatable bonds is 4. The molecule has 0 radical (unpaired) electrons. The number of carbonyl (C=O) groups excluding carboxylic acids is 2. The molecule has 6 nitrogen and oxygen atoms in total. The van der Waals surface area contributed by atoms with E-state index >= 15 is 0 Å². The van der Waals surface area contributed by atoms with Crippen LogP contribution >= 0.6 is 15.9 Å². The summed E-state index contributed by atoms with van der Waals surface area (Å²) in [6, 6.07) is 14.2. The van der Waals surface area contributed by atoms with Crippen LogP contribution in [0.2, 0.25) is 0 Å². The van der Waals surface area contributed by atoms with E-state index in [0.717, 1.165) is 4.47 Å². The lowest BCUT2D eigenvalue weighted by Gasteiger charge is -2.33. The molecule has 27 heavy (non-hydrogen) atoms. The molecule has 2 aromatic carbocycles. The van der Waals surface area contributed by atoms with Crippen molar-refractivity contribution < 1.29 is 14.3 Å². The Balaban J connectivity index is 1.90. The Morgan fingerprint density at radius 1 is 1.33 bits per heavy atom. The average Bonchev–Trinajstić information content (AvgIpc) is 2.64. The van der Waals surface area contributed by atoms with Crippen molar-refractivity contribution >= 4 is 39.1 Å². The van der Waals surface area contributed by atoms with E-state index in [-0.39, 0.29) is 31.0 Å². The largest absolute Gasteiger partial charge is 0.482 e. The van der Waals surface area contributed by atoms with E-state index in [2.05, 4.69) is 22.0 Å². The number of carbonyl (C=O) groups is 2.